The molecule has 0 saturated carbocycles. The second-order valence-electron chi connectivity index (χ2n) is 7.60. The van der Waals surface area contributed by atoms with E-state index in [0.717, 1.165) is 16.5 Å². The number of carbonyl (C=O) groups excluding carboxylic acids is 1. The van der Waals surface area contributed by atoms with Crippen LogP contribution in [-0.2, 0) is 16.3 Å². The molecule has 4 aromatic rings. The molecule has 2 aromatic heterocycles. The summed E-state index contributed by atoms with van der Waals surface area (Å²) >= 11 is 0. The number of sulfone groups is 1. The van der Waals surface area contributed by atoms with Crippen LogP contribution in [0.4, 0.5) is 0 Å². The number of aryl methyl sites for hydroxylation is 2. The number of hydrogen-bond donors (Lipinski definition) is 1. The van der Waals surface area contributed by atoms with Crippen molar-refractivity contribution in [2.24, 2.45) is 0 Å². The van der Waals surface area contributed by atoms with E-state index >= 15 is 0 Å². The van der Waals surface area contributed by atoms with Gasteiger partial charge in [-0.25, -0.2) is 13.4 Å². The van der Waals surface area contributed by atoms with Crippen LogP contribution in [0.3, 0.4) is 0 Å². The average molecular weight is 466 g/mol. The second-order valence-corrected chi connectivity index (χ2v) is 9.49. The summed E-state index contributed by atoms with van der Waals surface area (Å²) in [6.45, 7) is 1.83. The molecular formula is C24H23N3O5S. The monoisotopic (exact) mass is 465 g/mol. The molecule has 1 N–H and O–H groups in total. The molecule has 0 aliphatic heterocycles. The van der Waals surface area contributed by atoms with E-state index in [2.05, 4.69) is 15.2 Å². The molecule has 0 spiro atoms. The van der Waals surface area contributed by atoms with Crippen LogP contribution in [-0.4, -0.2) is 43.6 Å². The summed E-state index contributed by atoms with van der Waals surface area (Å²) in [7, 11) is -1.03. The number of Topliss-reactive ketones (excluding diaryl/α,β-unsaturated/α-hetero) is 1. The minimum absolute atomic E-state index is 0.0110. The highest BCUT2D eigenvalue weighted by Gasteiger charge is 2.27. The molecular weight excluding hydrogens is 442 g/mol. The molecule has 0 amide bonds. The molecule has 4 rings (SSSR count). The lowest BCUT2D eigenvalue weighted by molar-refractivity contribution is 0.0982. The molecule has 0 aliphatic rings. The van der Waals surface area contributed by atoms with Crippen molar-refractivity contribution in [1.82, 2.24) is 15.2 Å². The first-order valence-electron chi connectivity index (χ1n) is 10.2. The van der Waals surface area contributed by atoms with E-state index in [4.69, 9.17) is 9.47 Å². The number of nitrogens with zero attached hydrogens (tertiary/aromatic N) is 2. The Morgan fingerprint density at radius 2 is 1.67 bits per heavy atom. The Kier molecular flexibility index (Phi) is 6.15. The Morgan fingerprint density at radius 3 is 2.30 bits per heavy atom. The number of pyridine rings is 1. The Balaban J connectivity index is 1.53. The van der Waals surface area contributed by atoms with Crippen LogP contribution in [0.25, 0.3) is 11.0 Å². The number of aromatic amines is 1. The smallest absolute Gasteiger partial charge is 0.213 e. The predicted molar refractivity (Wildman–Crippen MR) is 123 cm³/mol. The normalized spacial score (nSPS) is 11.5. The van der Waals surface area contributed by atoms with Gasteiger partial charge in [0.05, 0.1) is 25.3 Å². The van der Waals surface area contributed by atoms with Crippen LogP contribution in [0.15, 0.2) is 64.6 Å². The molecule has 0 radical (unpaired) electrons. The van der Waals surface area contributed by atoms with E-state index in [-0.39, 0.29) is 33.5 Å². The minimum Gasteiger partial charge on any atom is -0.495 e. The summed E-state index contributed by atoms with van der Waals surface area (Å²) in [5.41, 5.74) is 2.82. The molecule has 0 atom stereocenters. The van der Waals surface area contributed by atoms with Crippen LogP contribution in [0.5, 0.6) is 11.5 Å². The van der Waals surface area contributed by atoms with Crippen LogP contribution < -0.4 is 9.47 Å². The van der Waals surface area contributed by atoms with E-state index in [1.54, 1.807) is 36.5 Å². The molecule has 2 aromatic carbocycles. The molecule has 33 heavy (non-hydrogen) atoms. The average Bonchev–Trinajstić information content (AvgIpc) is 3.30. The largest absolute Gasteiger partial charge is 0.495 e. The lowest BCUT2D eigenvalue weighted by atomic mass is 10.0. The van der Waals surface area contributed by atoms with Crippen molar-refractivity contribution in [2.45, 2.75) is 29.6 Å². The third kappa shape index (κ3) is 4.45. The van der Waals surface area contributed by atoms with Gasteiger partial charge in [-0.1, -0.05) is 12.1 Å². The van der Waals surface area contributed by atoms with Gasteiger partial charge in [0.1, 0.15) is 11.5 Å². The van der Waals surface area contributed by atoms with E-state index in [1.807, 2.05) is 6.92 Å². The van der Waals surface area contributed by atoms with Gasteiger partial charge in [-0.3, -0.25) is 9.89 Å². The van der Waals surface area contributed by atoms with E-state index < -0.39 is 9.84 Å². The number of hydrogen-bond acceptors (Lipinski definition) is 7. The van der Waals surface area contributed by atoms with Gasteiger partial charge in [0.25, 0.3) is 0 Å². The van der Waals surface area contributed by atoms with Crippen LogP contribution >= 0.6 is 0 Å². The number of ether oxygens (including phenoxy) is 2. The fourth-order valence-electron chi connectivity index (χ4n) is 3.62. The zero-order valence-electron chi connectivity index (χ0n) is 18.5. The summed E-state index contributed by atoms with van der Waals surface area (Å²) in [5, 5.41) is 7.44. The van der Waals surface area contributed by atoms with Crippen molar-refractivity contribution in [2.75, 3.05) is 14.2 Å². The van der Waals surface area contributed by atoms with Crippen molar-refractivity contribution >= 4 is 26.7 Å². The molecule has 0 unspecified atom stereocenters. The predicted octanol–water partition coefficient (Wildman–Crippen LogP) is 3.93. The highest BCUT2D eigenvalue weighted by Crippen LogP contribution is 2.38. The molecule has 0 fully saturated rings. The maximum atomic E-state index is 13.3. The lowest BCUT2D eigenvalue weighted by Gasteiger charge is -2.15. The van der Waals surface area contributed by atoms with Gasteiger partial charge in [-0.15, -0.1) is 0 Å². The van der Waals surface area contributed by atoms with Gasteiger partial charge in [0, 0.05) is 23.6 Å². The number of carbonyl (C=O) groups is 1. The quantitative estimate of drug-likeness (QED) is 0.392. The summed E-state index contributed by atoms with van der Waals surface area (Å²) in [6, 6.07) is 11.6. The van der Waals surface area contributed by atoms with Crippen molar-refractivity contribution in [3.8, 4) is 11.5 Å². The van der Waals surface area contributed by atoms with Crippen LogP contribution in [0, 0.1) is 6.92 Å². The Labute approximate surface area is 191 Å². The number of fused-ring (bicyclic) bond motifs is 1. The zero-order valence-corrected chi connectivity index (χ0v) is 19.3. The maximum absolute atomic E-state index is 13.3. The number of methoxy groups -OCH3 is 2. The van der Waals surface area contributed by atoms with Gasteiger partial charge >= 0.3 is 0 Å². The third-order valence-electron chi connectivity index (χ3n) is 5.36. The number of nitrogens with one attached hydrogen (secondary N) is 1. The molecule has 0 saturated heterocycles. The number of ketones is 1. The summed E-state index contributed by atoms with van der Waals surface area (Å²) < 4.78 is 37.3. The molecule has 2 heterocycles. The molecule has 0 aliphatic carbocycles. The highest BCUT2D eigenvalue weighted by atomic mass is 32.2. The van der Waals surface area contributed by atoms with Crippen molar-refractivity contribution in [1.29, 1.82) is 0 Å². The van der Waals surface area contributed by atoms with Crippen molar-refractivity contribution in [3.05, 3.63) is 71.5 Å². The van der Waals surface area contributed by atoms with E-state index in [9.17, 15) is 13.2 Å². The first-order valence-corrected chi connectivity index (χ1v) is 11.7. The SMILES string of the molecule is COc1cc(C)cc(OC)c1S(=O)(=O)c1ccc(CCC(=O)c2cnc3[nH]ncc3c2)cc1. The molecule has 0 bridgehead atoms. The van der Waals surface area contributed by atoms with Crippen LogP contribution in [0.1, 0.15) is 27.9 Å². The van der Waals surface area contributed by atoms with Crippen molar-refractivity contribution in [3.63, 3.8) is 0 Å². The summed E-state index contributed by atoms with van der Waals surface area (Å²) in [5.74, 6) is 0.408. The van der Waals surface area contributed by atoms with Gasteiger partial charge in [-0.05, 0) is 54.8 Å². The van der Waals surface area contributed by atoms with Gasteiger partial charge in [0.15, 0.2) is 16.3 Å². The minimum atomic E-state index is -3.88. The number of aromatic nitrogens is 3. The van der Waals surface area contributed by atoms with Crippen LogP contribution in [0.2, 0.25) is 0 Å². The highest BCUT2D eigenvalue weighted by molar-refractivity contribution is 7.91. The first-order chi connectivity index (χ1) is 15.8. The van der Waals surface area contributed by atoms with Gasteiger partial charge < -0.3 is 9.47 Å². The zero-order chi connectivity index (χ0) is 23.6. The third-order valence-corrected chi connectivity index (χ3v) is 7.19. The standard InChI is InChI=1S/C24H23N3O5S/c1-15-10-21(31-2)23(22(11-15)32-3)33(29,30)19-7-4-16(5-8-19)6-9-20(28)17-12-18-14-26-27-24(18)25-13-17/h4-5,7-8,10-14H,6,9H2,1-3H3,(H,25,26,27). The lowest BCUT2D eigenvalue weighted by Crippen LogP contribution is -2.07. The molecule has 8 nitrogen and oxygen atoms in total. The molecule has 170 valence electrons. The Morgan fingerprint density at radius 1 is 1.00 bits per heavy atom. The van der Waals surface area contributed by atoms with E-state index in [0.29, 0.717) is 17.6 Å². The maximum Gasteiger partial charge on any atom is 0.213 e. The number of rotatable bonds is 8. The molecule has 9 heteroatoms. The summed E-state index contributed by atoms with van der Waals surface area (Å²) in [4.78, 5) is 16.9. The fraction of sp³-hybridized carbons (Fsp3) is 0.208. The van der Waals surface area contributed by atoms with E-state index in [1.165, 1.54) is 32.5 Å². The first kappa shape index (κ1) is 22.5. The number of H-pyrrole nitrogens is 1. The number of benzene rings is 2. The second kappa shape index (κ2) is 9.03. The Bertz CT molecular complexity index is 1400. The fourth-order valence-corrected chi connectivity index (χ4v) is 5.16. The Hall–Kier alpha value is -3.72. The summed E-state index contributed by atoms with van der Waals surface area (Å²) in [6.07, 6.45) is 3.90. The van der Waals surface area contributed by atoms with Crippen molar-refractivity contribution < 1.29 is 22.7 Å². The van der Waals surface area contributed by atoms with Gasteiger partial charge in [0.2, 0.25) is 9.84 Å². The topological polar surface area (TPSA) is 111 Å². The van der Waals surface area contributed by atoms with Gasteiger partial charge in [-0.2, -0.15) is 5.10 Å².